The molecule has 8 heteroatoms. The number of aromatic carboxylic acids is 1. The number of nitrogens with zero attached hydrogens (tertiary/aromatic N) is 1. The fourth-order valence-electron chi connectivity index (χ4n) is 4.44. The van der Waals surface area contributed by atoms with E-state index in [9.17, 15) is 14.7 Å². The Morgan fingerprint density at radius 3 is 2.61 bits per heavy atom. The normalized spacial score (nSPS) is 10.8. The Labute approximate surface area is 218 Å². The summed E-state index contributed by atoms with van der Waals surface area (Å²) < 4.78 is 5.90. The number of nitrogens with one attached hydrogen (secondary N) is 2. The third kappa shape index (κ3) is 4.86. The van der Waals surface area contributed by atoms with Gasteiger partial charge in [-0.25, -0.2) is 4.79 Å². The van der Waals surface area contributed by atoms with Crippen LogP contribution in [-0.4, -0.2) is 26.8 Å². The molecule has 0 atom stereocenters. The van der Waals surface area contributed by atoms with Crippen molar-refractivity contribution in [2.45, 2.75) is 19.8 Å². The minimum Gasteiger partial charge on any atom is -0.478 e. The summed E-state index contributed by atoms with van der Waals surface area (Å²) in [6.45, 7) is 2.01. The molecular formula is C30H24N4O4. The number of rotatable bonds is 8. The predicted molar refractivity (Wildman–Crippen MR) is 144 cm³/mol. The highest BCUT2D eigenvalue weighted by Gasteiger charge is 2.19. The number of hydrogen-bond donors (Lipinski definition) is 4. The van der Waals surface area contributed by atoms with E-state index < -0.39 is 5.97 Å². The zero-order chi connectivity index (χ0) is 26.8. The maximum Gasteiger partial charge on any atom is 0.335 e. The maximum atomic E-state index is 13.1. The van der Waals surface area contributed by atoms with Crippen molar-refractivity contribution in [1.29, 1.82) is 5.26 Å². The number of ether oxygens (including phenoxy) is 1. The molecule has 0 saturated carbocycles. The highest BCUT2D eigenvalue weighted by molar-refractivity contribution is 6.13. The first kappa shape index (κ1) is 24.4. The van der Waals surface area contributed by atoms with Crippen LogP contribution >= 0.6 is 0 Å². The van der Waals surface area contributed by atoms with Gasteiger partial charge >= 0.3 is 5.97 Å². The number of hydrogen-bond acceptors (Lipinski definition) is 5. The van der Waals surface area contributed by atoms with Crippen LogP contribution in [0.1, 0.15) is 48.8 Å². The second kappa shape index (κ2) is 9.99. The molecule has 5 N–H and O–H groups in total. The van der Waals surface area contributed by atoms with Crippen LogP contribution in [0.3, 0.4) is 0 Å². The lowest BCUT2D eigenvalue weighted by Crippen LogP contribution is -2.05. The monoisotopic (exact) mass is 504 g/mol. The van der Waals surface area contributed by atoms with Crippen molar-refractivity contribution in [3.05, 3.63) is 112 Å². The summed E-state index contributed by atoms with van der Waals surface area (Å²) in [5.41, 5.74) is 11.8. The van der Waals surface area contributed by atoms with E-state index in [0.29, 0.717) is 57.8 Å². The number of nitrogens with two attached hydrogens (primary N) is 1. The fraction of sp³-hybridized carbons (Fsp3) is 0.100. The summed E-state index contributed by atoms with van der Waals surface area (Å²) in [7, 11) is 0. The predicted octanol–water partition coefficient (Wildman–Crippen LogP) is 5.77. The summed E-state index contributed by atoms with van der Waals surface area (Å²) in [5, 5.41) is 18.9. The van der Waals surface area contributed by atoms with Crippen molar-refractivity contribution in [3.63, 3.8) is 0 Å². The Bertz CT molecular complexity index is 1740. The molecule has 8 nitrogen and oxygen atoms in total. The average Bonchev–Trinajstić information content (AvgIpc) is 3.50. The maximum absolute atomic E-state index is 13.1. The van der Waals surface area contributed by atoms with Gasteiger partial charge in [0.25, 0.3) is 0 Å². The number of carboxylic acid groups (broad SMARTS) is 1. The smallest absolute Gasteiger partial charge is 0.335 e. The molecule has 0 radical (unpaired) electrons. The Kier molecular flexibility index (Phi) is 6.42. The lowest BCUT2D eigenvalue weighted by Gasteiger charge is -2.10. The van der Waals surface area contributed by atoms with E-state index in [-0.39, 0.29) is 11.3 Å². The Hall–Kier alpha value is -5.29. The van der Waals surface area contributed by atoms with Gasteiger partial charge in [-0.15, -0.1) is 0 Å². The van der Waals surface area contributed by atoms with Crippen molar-refractivity contribution in [3.8, 4) is 17.6 Å². The quantitative estimate of drug-likeness (QED) is 0.198. The molecular weight excluding hydrogens is 480 g/mol. The number of aromatic nitrogens is 2. The first-order valence-corrected chi connectivity index (χ1v) is 12.0. The lowest BCUT2D eigenvalue weighted by molar-refractivity contribution is 0.0697. The van der Waals surface area contributed by atoms with Crippen LogP contribution in [0, 0.1) is 18.3 Å². The Morgan fingerprint density at radius 1 is 1.03 bits per heavy atom. The Balaban J connectivity index is 1.28. The van der Waals surface area contributed by atoms with Crippen LogP contribution in [0.5, 0.6) is 11.5 Å². The number of H-pyrrole nitrogens is 2. The van der Waals surface area contributed by atoms with Crippen molar-refractivity contribution >= 4 is 28.3 Å². The second-order valence-corrected chi connectivity index (χ2v) is 9.04. The van der Waals surface area contributed by atoms with E-state index in [1.165, 1.54) is 12.1 Å². The molecule has 0 aliphatic heterocycles. The summed E-state index contributed by atoms with van der Waals surface area (Å²) >= 11 is 0. The summed E-state index contributed by atoms with van der Waals surface area (Å²) in [6.07, 6.45) is 2.93. The minimum atomic E-state index is -1.02. The van der Waals surface area contributed by atoms with Gasteiger partial charge in [0.05, 0.1) is 34.1 Å². The number of benzene rings is 3. The third-order valence-electron chi connectivity index (χ3n) is 6.52. The zero-order valence-electron chi connectivity index (χ0n) is 20.5. The van der Waals surface area contributed by atoms with Crippen LogP contribution in [0.4, 0.5) is 5.69 Å². The molecule has 0 unspecified atom stereocenters. The first-order chi connectivity index (χ1) is 18.3. The van der Waals surface area contributed by atoms with Gasteiger partial charge in [0.1, 0.15) is 11.5 Å². The fourth-order valence-corrected chi connectivity index (χ4v) is 4.44. The molecule has 0 saturated heterocycles. The number of carbonyl (C=O) groups excluding carboxylic acids is 1. The summed E-state index contributed by atoms with van der Waals surface area (Å²) in [5.74, 6) is -0.00762. The number of fused-ring (bicyclic) bond motifs is 1. The molecule has 0 aliphatic rings. The largest absolute Gasteiger partial charge is 0.478 e. The molecule has 2 heterocycles. The van der Waals surface area contributed by atoms with Gasteiger partial charge < -0.3 is 25.5 Å². The molecule has 2 aromatic heterocycles. The average molecular weight is 505 g/mol. The van der Waals surface area contributed by atoms with Gasteiger partial charge in [0, 0.05) is 22.8 Å². The van der Waals surface area contributed by atoms with Crippen molar-refractivity contribution in [2.24, 2.45) is 0 Å². The standard InChI is InChI=1S/C30H24N4O4/c1-17-11-23(38-22-4-2-3-18(12-22)15-31)8-5-19(17)6-10-26-28(32)24(16-33-26)29(35)27-14-21-13-20(30(36)37)7-9-25(21)34-27/h2-5,7-9,11-14,16,33-34H,6,10,32H2,1H3,(H,36,37). The van der Waals surface area contributed by atoms with Crippen LogP contribution in [-0.2, 0) is 12.8 Å². The van der Waals surface area contributed by atoms with Gasteiger partial charge in [-0.1, -0.05) is 12.1 Å². The molecule has 0 bridgehead atoms. The number of nitrogen functional groups attached to an aromatic ring is 1. The SMILES string of the molecule is Cc1cc(Oc2cccc(C#N)c2)ccc1CCc1[nH]cc(C(=O)c2cc3cc(C(=O)O)ccc3[nH]2)c1N. The molecule has 3 aromatic carbocycles. The molecule has 5 rings (SSSR count). The van der Waals surface area contributed by atoms with E-state index in [1.54, 1.807) is 42.6 Å². The van der Waals surface area contributed by atoms with Gasteiger partial charge in [-0.3, -0.25) is 4.79 Å². The van der Waals surface area contributed by atoms with Crippen molar-refractivity contribution in [1.82, 2.24) is 9.97 Å². The third-order valence-corrected chi connectivity index (χ3v) is 6.52. The molecule has 0 spiro atoms. The number of anilines is 1. The number of aryl methyl sites for hydroxylation is 3. The topological polar surface area (TPSA) is 145 Å². The van der Waals surface area contributed by atoms with Gasteiger partial charge in [0.2, 0.25) is 5.78 Å². The van der Waals surface area contributed by atoms with Crippen molar-refractivity contribution < 1.29 is 19.4 Å². The van der Waals surface area contributed by atoms with Crippen LogP contribution in [0.2, 0.25) is 0 Å². The zero-order valence-corrected chi connectivity index (χ0v) is 20.5. The van der Waals surface area contributed by atoms with E-state index in [4.69, 9.17) is 15.7 Å². The van der Waals surface area contributed by atoms with Crippen LogP contribution in [0.15, 0.2) is 72.9 Å². The number of aromatic amines is 2. The summed E-state index contributed by atoms with van der Waals surface area (Å²) in [6, 6.07) is 21.2. The number of ketones is 1. The van der Waals surface area contributed by atoms with Crippen LogP contribution < -0.4 is 10.5 Å². The van der Waals surface area contributed by atoms with Crippen molar-refractivity contribution in [2.75, 3.05) is 5.73 Å². The van der Waals surface area contributed by atoms with E-state index in [2.05, 4.69) is 16.0 Å². The molecule has 0 aliphatic carbocycles. The molecule has 0 amide bonds. The van der Waals surface area contributed by atoms with E-state index in [1.807, 2.05) is 25.1 Å². The number of carbonyl (C=O) groups is 2. The molecule has 38 heavy (non-hydrogen) atoms. The minimum absolute atomic E-state index is 0.155. The second-order valence-electron chi connectivity index (χ2n) is 9.04. The molecule has 0 fully saturated rings. The molecule has 5 aromatic rings. The van der Waals surface area contributed by atoms with Gasteiger partial charge in [-0.2, -0.15) is 5.26 Å². The highest BCUT2D eigenvalue weighted by Crippen LogP contribution is 2.27. The molecule has 188 valence electrons. The Morgan fingerprint density at radius 2 is 1.84 bits per heavy atom. The van der Waals surface area contributed by atoms with E-state index in [0.717, 1.165) is 16.8 Å². The number of nitriles is 1. The van der Waals surface area contributed by atoms with Gasteiger partial charge in [0.15, 0.2) is 0 Å². The van der Waals surface area contributed by atoms with Crippen LogP contribution in [0.25, 0.3) is 10.9 Å². The summed E-state index contributed by atoms with van der Waals surface area (Å²) in [4.78, 5) is 30.6. The van der Waals surface area contributed by atoms with E-state index >= 15 is 0 Å². The first-order valence-electron chi connectivity index (χ1n) is 12.0. The lowest BCUT2D eigenvalue weighted by atomic mass is 10.0. The number of carboxylic acids is 1. The highest BCUT2D eigenvalue weighted by atomic mass is 16.5. The van der Waals surface area contributed by atoms with Gasteiger partial charge in [-0.05, 0) is 85.5 Å².